The molecule has 4 nitrogen and oxygen atoms in total. The lowest BCUT2D eigenvalue weighted by Crippen LogP contribution is -2.51. The van der Waals surface area contributed by atoms with Crippen LogP contribution in [-0.2, 0) is 4.65 Å². The Bertz CT molecular complexity index is 537. The standard InChI is InChI=1S/C21H35BNO3/c1-16(2)10-13-21(5,24)20(3,4)26-22-17-6-8-18(9-7-17)25-19-11-14-23-15-12-19/h6-9,16,19,23-24H,10-15H2,1-5H3. The van der Waals surface area contributed by atoms with Gasteiger partial charge in [0.2, 0.25) is 0 Å². The van der Waals surface area contributed by atoms with E-state index < -0.39 is 11.2 Å². The Balaban J connectivity index is 1.85. The van der Waals surface area contributed by atoms with Gasteiger partial charge in [0, 0.05) is 0 Å². The molecule has 1 aromatic rings. The number of rotatable bonds is 9. The van der Waals surface area contributed by atoms with Crippen molar-refractivity contribution in [3.8, 4) is 5.75 Å². The van der Waals surface area contributed by atoms with Gasteiger partial charge in [-0.25, -0.2) is 0 Å². The van der Waals surface area contributed by atoms with Crippen molar-refractivity contribution >= 4 is 12.9 Å². The van der Waals surface area contributed by atoms with E-state index in [0.717, 1.165) is 43.6 Å². The smallest absolute Gasteiger partial charge is 0.330 e. The van der Waals surface area contributed by atoms with E-state index in [2.05, 4.69) is 19.2 Å². The van der Waals surface area contributed by atoms with E-state index in [1.165, 1.54) is 0 Å². The normalized spacial score (nSPS) is 18.6. The monoisotopic (exact) mass is 360 g/mol. The molecule has 1 saturated heterocycles. The summed E-state index contributed by atoms with van der Waals surface area (Å²) in [5.41, 5.74) is -0.576. The molecule has 1 aliphatic rings. The van der Waals surface area contributed by atoms with Crippen molar-refractivity contribution in [3.05, 3.63) is 24.3 Å². The molecule has 1 radical (unpaired) electrons. The van der Waals surface area contributed by atoms with Crippen molar-refractivity contribution in [2.45, 2.75) is 77.6 Å². The third kappa shape index (κ3) is 6.29. The van der Waals surface area contributed by atoms with Crippen molar-refractivity contribution in [1.29, 1.82) is 0 Å². The molecule has 2 N–H and O–H groups in total. The Hall–Kier alpha value is -1.04. The summed E-state index contributed by atoms with van der Waals surface area (Å²) in [5.74, 6) is 1.46. The van der Waals surface area contributed by atoms with Crippen molar-refractivity contribution in [2.75, 3.05) is 13.1 Å². The number of ether oxygens (including phenoxy) is 1. The van der Waals surface area contributed by atoms with E-state index in [4.69, 9.17) is 9.39 Å². The molecular weight excluding hydrogens is 325 g/mol. The summed E-state index contributed by atoms with van der Waals surface area (Å²) in [4.78, 5) is 0. The Morgan fingerprint density at radius 1 is 1.15 bits per heavy atom. The van der Waals surface area contributed by atoms with E-state index in [1.807, 2.05) is 45.0 Å². The number of piperidine rings is 1. The van der Waals surface area contributed by atoms with Gasteiger partial charge in [-0.3, -0.25) is 0 Å². The maximum absolute atomic E-state index is 10.8. The van der Waals surface area contributed by atoms with Crippen LogP contribution in [0.25, 0.3) is 0 Å². The molecule has 1 atom stereocenters. The second kappa shape index (κ2) is 9.25. The first kappa shape index (κ1) is 21.3. The predicted molar refractivity (Wildman–Crippen MR) is 108 cm³/mol. The van der Waals surface area contributed by atoms with Crippen molar-refractivity contribution in [3.63, 3.8) is 0 Å². The summed E-state index contributed by atoms with van der Waals surface area (Å²) in [6.07, 6.45) is 4.10. The van der Waals surface area contributed by atoms with Gasteiger partial charge in [-0.2, -0.15) is 0 Å². The quantitative estimate of drug-likeness (QED) is 0.665. The minimum Gasteiger partial charge on any atom is -0.490 e. The van der Waals surface area contributed by atoms with Gasteiger partial charge >= 0.3 is 7.48 Å². The van der Waals surface area contributed by atoms with Gasteiger partial charge < -0.3 is 19.8 Å². The molecule has 1 heterocycles. The molecule has 0 amide bonds. The summed E-state index contributed by atoms with van der Waals surface area (Å²) in [7, 11) is 1.73. The molecule has 0 aromatic heterocycles. The number of benzene rings is 1. The number of nitrogens with one attached hydrogen (secondary N) is 1. The summed E-state index contributed by atoms with van der Waals surface area (Å²) >= 11 is 0. The average Bonchev–Trinajstić information content (AvgIpc) is 2.60. The van der Waals surface area contributed by atoms with Crippen LogP contribution in [0.2, 0.25) is 0 Å². The first-order valence-corrected chi connectivity index (χ1v) is 9.90. The molecule has 145 valence electrons. The molecular formula is C21H35BNO3. The number of hydrogen-bond donors (Lipinski definition) is 2. The van der Waals surface area contributed by atoms with Crippen LogP contribution in [0.4, 0.5) is 0 Å². The molecule has 26 heavy (non-hydrogen) atoms. The molecule has 1 aromatic carbocycles. The summed E-state index contributed by atoms with van der Waals surface area (Å²) in [6.45, 7) is 12.1. The van der Waals surface area contributed by atoms with Crippen LogP contribution in [0.5, 0.6) is 5.75 Å². The fourth-order valence-electron chi connectivity index (χ4n) is 2.94. The fourth-order valence-corrected chi connectivity index (χ4v) is 2.94. The Morgan fingerprint density at radius 2 is 1.77 bits per heavy atom. The number of hydrogen-bond acceptors (Lipinski definition) is 4. The van der Waals surface area contributed by atoms with Crippen LogP contribution in [0, 0.1) is 5.92 Å². The van der Waals surface area contributed by atoms with Crippen LogP contribution in [0.1, 0.15) is 60.3 Å². The molecule has 1 aliphatic heterocycles. The van der Waals surface area contributed by atoms with Gasteiger partial charge in [0.05, 0.1) is 11.2 Å². The SMILES string of the molecule is CC(C)CCC(C)(O)C(C)(C)O[B]c1ccc(OC2CCNCC2)cc1. The Morgan fingerprint density at radius 3 is 2.35 bits per heavy atom. The Kier molecular flexibility index (Phi) is 7.57. The molecule has 0 aliphatic carbocycles. The van der Waals surface area contributed by atoms with Crippen LogP contribution >= 0.6 is 0 Å². The topological polar surface area (TPSA) is 50.7 Å². The van der Waals surface area contributed by atoms with E-state index in [0.29, 0.717) is 18.4 Å². The molecule has 0 spiro atoms. The Labute approximate surface area is 159 Å². The third-order valence-corrected chi connectivity index (χ3v) is 5.46. The fraction of sp³-hybridized carbons (Fsp3) is 0.714. The minimum atomic E-state index is -0.883. The van der Waals surface area contributed by atoms with Gasteiger partial charge in [0.25, 0.3) is 0 Å². The van der Waals surface area contributed by atoms with Crippen molar-refractivity contribution in [2.24, 2.45) is 5.92 Å². The summed E-state index contributed by atoms with van der Waals surface area (Å²) in [5, 5.41) is 14.2. The molecule has 0 saturated carbocycles. The van der Waals surface area contributed by atoms with Crippen LogP contribution < -0.4 is 15.5 Å². The third-order valence-electron chi connectivity index (χ3n) is 5.46. The zero-order valence-corrected chi connectivity index (χ0v) is 17.0. The highest BCUT2D eigenvalue weighted by atomic mass is 16.5. The highest BCUT2D eigenvalue weighted by Crippen LogP contribution is 2.30. The zero-order chi connectivity index (χ0) is 19.2. The largest absolute Gasteiger partial charge is 0.490 e. The zero-order valence-electron chi connectivity index (χ0n) is 17.0. The lowest BCUT2D eigenvalue weighted by Gasteiger charge is -2.41. The molecule has 5 heteroatoms. The number of aliphatic hydroxyl groups is 1. The highest BCUT2D eigenvalue weighted by Gasteiger charge is 2.39. The average molecular weight is 360 g/mol. The van der Waals surface area contributed by atoms with Gasteiger partial charge in [0.15, 0.2) is 0 Å². The van der Waals surface area contributed by atoms with Crippen LogP contribution in [0.3, 0.4) is 0 Å². The highest BCUT2D eigenvalue weighted by molar-refractivity contribution is 6.47. The van der Waals surface area contributed by atoms with Gasteiger partial charge in [0.1, 0.15) is 11.9 Å². The van der Waals surface area contributed by atoms with Gasteiger partial charge in [-0.15, -0.1) is 0 Å². The summed E-state index contributed by atoms with van der Waals surface area (Å²) in [6, 6.07) is 7.97. The first-order chi connectivity index (χ1) is 12.2. The van der Waals surface area contributed by atoms with Crippen molar-refractivity contribution < 1.29 is 14.5 Å². The molecule has 1 fully saturated rings. The summed E-state index contributed by atoms with van der Waals surface area (Å²) < 4.78 is 12.0. The minimum absolute atomic E-state index is 0.303. The molecule has 2 rings (SSSR count). The van der Waals surface area contributed by atoms with E-state index in [9.17, 15) is 5.11 Å². The maximum atomic E-state index is 10.8. The maximum Gasteiger partial charge on any atom is 0.330 e. The van der Waals surface area contributed by atoms with Gasteiger partial charge in [-0.05, 0) is 77.6 Å². The molecule has 1 unspecified atom stereocenters. The van der Waals surface area contributed by atoms with Crippen molar-refractivity contribution in [1.82, 2.24) is 5.32 Å². The lowest BCUT2D eigenvalue weighted by atomic mass is 9.79. The van der Waals surface area contributed by atoms with E-state index >= 15 is 0 Å². The predicted octanol–water partition coefficient (Wildman–Crippen LogP) is 3.04. The second-order valence-electron chi connectivity index (χ2n) is 8.59. The van der Waals surface area contributed by atoms with Gasteiger partial charge in [-0.1, -0.05) is 31.4 Å². The lowest BCUT2D eigenvalue weighted by molar-refractivity contribution is -0.109. The van der Waals surface area contributed by atoms with E-state index in [1.54, 1.807) is 7.48 Å². The first-order valence-electron chi connectivity index (χ1n) is 9.90. The van der Waals surface area contributed by atoms with E-state index in [-0.39, 0.29) is 0 Å². The van der Waals surface area contributed by atoms with Crippen LogP contribution in [0.15, 0.2) is 24.3 Å². The van der Waals surface area contributed by atoms with Crippen LogP contribution in [-0.4, -0.2) is 43.0 Å². The molecule has 0 bridgehead atoms. The second-order valence-corrected chi connectivity index (χ2v) is 8.59.